The lowest BCUT2D eigenvalue weighted by Gasteiger charge is -2.23. The van der Waals surface area contributed by atoms with Gasteiger partial charge in [0.05, 0.1) is 17.8 Å². The van der Waals surface area contributed by atoms with Gasteiger partial charge in [-0.25, -0.2) is 0 Å². The molecule has 158 valence electrons. The number of benzene rings is 2. The van der Waals surface area contributed by atoms with Crippen molar-refractivity contribution in [3.63, 3.8) is 0 Å². The number of likely N-dealkylation sites (tertiary alicyclic amines) is 1. The number of fused-ring (bicyclic) bond motifs is 1. The Morgan fingerprint density at radius 3 is 2.50 bits per heavy atom. The largest absolute Gasteiger partial charge is 0.507 e. The lowest BCUT2D eigenvalue weighted by atomic mass is 9.97. The smallest absolute Gasteiger partial charge is 0.296 e. The first-order valence-corrected chi connectivity index (χ1v) is 10.3. The zero-order valence-electron chi connectivity index (χ0n) is 17.4. The van der Waals surface area contributed by atoms with Crippen LogP contribution in [0.15, 0.2) is 89.0 Å². The molecule has 5 rings (SSSR count). The Labute approximate surface area is 184 Å². The van der Waals surface area contributed by atoms with Gasteiger partial charge in [-0.1, -0.05) is 42.5 Å². The number of aryl methyl sites for hydroxylation is 1. The zero-order chi connectivity index (χ0) is 22.2. The van der Waals surface area contributed by atoms with Gasteiger partial charge >= 0.3 is 0 Å². The van der Waals surface area contributed by atoms with Gasteiger partial charge in [-0.2, -0.15) is 0 Å². The number of aliphatic hydroxyl groups excluding tert-OH is 1. The molecule has 1 atom stereocenters. The minimum atomic E-state index is -0.850. The number of pyridine rings is 1. The molecule has 3 heterocycles. The summed E-state index contributed by atoms with van der Waals surface area (Å²) in [7, 11) is 0. The normalized spacial score (nSPS) is 17.9. The van der Waals surface area contributed by atoms with Gasteiger partial charge < -0.3 is 14.4 Å². The molecule has 1 saturated heterocycles. The molecule has 1 N–H and O–H groups in total. The lowest BCUT2D eigenvalue weighted by Crippen LogP contribution is -2.29. The first-order valence-electron chi connectivity index (χ1n) is 10.3. The van der Waals surface area contributed by atoms with Gasteiger partial charge in [0.1, 0.15) is 23.3 Å². The Bertz CT molecular complexity index is 1370. The third-order valence-corrected chi connectivity index (χ3v) is 5.65. The van der Waals surface area contributed by atoms with Crippen LogP contribution < -0.4 is 0 Å². The molecule has 0 bridgehead atoms. The van der Waals surface area contributed by atoms with Gasteiger partial charge in [0.25, 0.3) is 11.7 Å². The maximum atomic E-state index is 13.1. The van der Waals surface area contributed by atoms with E-state index in [2.05, 4.69) is 4.98 Å². The topological polar surface area (TPSA) is 83.6 Å². The summed E-state index contributed by atoms with van der Waals surface area (Å²) in [5, 5.41) is 13.1. The van der Waals surface area contributed by atoms with E-state index in [1.54, 1.807) is 49.5 Å². The van der Waals surface area contributed by atoms with Crippen molar-refractivity contribution in [1.82, 2.24) is 9.88 Å². The summed E-state index contributed by atoms with van der Waals surface area (Å²) in [6.45, 7) is 1.90. The SMILES string of the molecule is Cc1ccc(C2/C(=C(/O)c3ccc4ccccc4c3)C(=O)C(=O)N2Cc2ccccn2)o1. The summed E-state index contributed by atoms with van der Waals surface area (Å²) in [5.41, 5.74) is 1.11. The average Bonchev–Trinajstić information content (AvgIpc) is 3.35. The second kappa shape index (κ2) is 7.81. The Kier molecular flexibility index (Phi) is 4.82. The quantitative estimate of drug-likeness (QED) is 0.290. The fourth-order valence-electron chi connectivity index (χ4n) is 4.10. The van der Waals surface area contributed by atoms with Gasteiger partial charge in [0, 0.05) is 11.8 Å². The van der Waals surface area contributed by atoms with Crippen LogP contribution in [0.4, 0.5) is 0 Å². The Hall–Kier alpha value is -4.19. The second-order valence-electron chi connectivity index (χ2n) is 7.76. The van der Waals surface area contributed by atoms with E-state index in [1.807, 2.05) is 36.4 Å². The highest BCUT2D eigenvalue weighted by atomic mass is 16.3. The van der Waals surface area contributed by atoms with Crippen molar-refractivity contribution in [3.8, 4) is 0 Å². The first kappa shape index (κ1) is 19.8. The van der Waals surface area contributed by atoms with Crippen LogP contribution in [-0.2, 0) is 16.1 Å². The molecular formula is C26H20N2O4. The number of nitrogens with zero attached hydrogens (tertiary/aromatic N) is 2. The number of Topliss-reactive ketones (excluding diaryl/α,β-unsaturated/α-hetero) is 1. The molecule has 1 aliphatic rings. The highest BCUT2D eigenvalue weighted by Gasteiger charge is 2.47. The van der Waals surface area contributed by atoms with Crippen molar-refractivity contribution in [1.29, 1.82) is 0 Å². The molecule has 6 heteroatoms. The number of carbonyl (C=O) groups excluding carboxylic acids is 2. The minimum absolute atomic E-state index is 0.00978. The van der Waals surface area contributed by atoms with Gasteiger partial charge in [-0.3, -0.25) is 14.6 Å². The summed E-state index contributed by atoms with van der Waals surface area (Å²) < 4.78 is 5.81. The van der Waals surface area contributed by atoms with Crippen LogP contribution in [0, 0.1) is 6.92 Å². The molecule has 2 aromatic heterocycles. The number of ketones is 1. The molecule has 1 aliphatic heterocycles. The maximum absolute atomic E-state index is 13.1. The highest BCUT2D eigenvalue weighted by Crippen LogP contribution is 2.41. The number of aromatic nitrogens is 1. The summed E-state index contributed by atoms with van der Waals surface area (Å²) in [6, 6.07) is 21.2. The van der Waals surface area contributed by atoms with E-state index in [0.717, 1.165) is 10.8 Å². The number of rotatable bonds is 4. The number of hydrogen-bond acceptors (Lipinski definition) is 5. The van der Waals surface area contributed by atoms with Crippen molar-refractivity contribution in [2.24, 2.45) is 0 Å². The van der Waals surface area contributed by atoms with E-state index >= 15 is 0 Å². The maximum Gasteiger partial charge on any atom is 0.296 e. The van der Waals surface area contributed by atoms with Crippen LogP contribution >= 0.6 is 0 Å². The van der Waals surface area contributed by atoms with Gasteiger partial charge in [-0.15, -0.1) is 0 Å². The van der Waals surface area contributed by atoms with Crippen molar-refractivity contribution < 1.29 is 19.1 Å². The van der Waals surface area contributed by atoms with E-state index in [9.17, 15) is 14.7 Å². The predicted molar refractivity (Wildman–Crippen MR) is 119 cm³/mol. The number of amides is 1. The van der Waals surface area contributed by atoms with Crippen LogP contribution in [0.2, 0.25) is 0 Å². The Morgan fingerprint density at radius 1 is 1.00 bits per heavy atom. The minimum Gasteiger partial charge on any atom is -0.507 e. The van der Waals surface area contributed by atoms with E-state index in [-0.39, 0.29) is 17.9 Å². The lowest BCUT2D eigenvalue weighted by molar-refractivity contribution is -0.140. The number of furan rings is 1. The van der Waals surface area contributed by atoms with Crippen molar-refractivity contribution >= 4 is 28.2 Å². The molecule has 0 aliphatic carbocycles. The molecule has 4 aromatic rings. The first-order chi connectivity index (χ1) is 15.5. The molecule has 2 aromatic carbocycles. The monoisotopic (exact) mass is 424 g/mol. The van der Waals surface area contributed by atoms with Crippen LogP contribution in [0.1, 0.15) is 28.8 Å². The number of carbonyl (C=O) groups is 2. The number of hydrogen-bond donors (Lipinski definition) is 1. The van der Waals surface area contributed by atoms with Gasteiger partial charge in [0.15, 0.2) is 0 Å². The molecular weight excluding hydrogens is 404 g/mol. The molecule has 0 spiro atoms. The van der Waals surface area contributed by atoms with Gasteiger partial charge in [-0.05, 0) is 48.0 Å². The van der Waals surface area contributed by atoms with E-state index in [1.165, 1.54) is 4.90 Å². The Balaban J connectivity index is 1.65. The summed E-state index contributed by atoms with van der Waals surface area (Å²) in [5.74, 6) is -0.603. The second-order valence-corrected chi connectivity index (χ2v) is 7.76. The molecule has 32 heavy (non-hydrogen) atoms. The fraction of sp³-hybridized carbons (Fsp3) is 0.115. The van der Waals surface area contributed by atoms with Crippen LogP contribution in [0.3, 0.4) is 0 Å². The fourth-order valence-corrected chi connectivity index (χ4v) is 4.10. The summed E-state index contributed by atoms with van der Waals surface area (Å²) >= 11 is 0. The molecule has 1 unspecified atom stereocenters. The van der Waals surface area contributed by atoms with Crippen LogP contribution in [-0.4, -0.2) is 26.7 Å². The predicted octanol–water partition coefficient (Wildman–Crippen LogP) is 4.76. The van der Waals surface area contributed by atoms with Crippen LogP contribution in [0.25, 0.3) is 16.5 Å². The molecule has 0 radical (unpaired) electrons. The molecule has 1 amide bonds. The van der Waals surface area contributed by atoms with Crippen molar-refractivity contribution in [2.75, 3.05) is 0 Å². The third-order valence-electron chi connectivity index (χ3n) is 5.65. The van der Waals surface area contributed by atoms with Gasteiger partial charge in [0.2, 0.25) is 0 Å². The molecule has 0 saturated carbocycles. The zero-order valence-corrected chi connectivity index (χ0v) is 17.4. The average molecular weight is 424 g/mol. The van der Waals surface area contributed by atoms with E-state index in [0.29, 0.717) is 22.8 Å². The van der Waals surface area contributed by atoms with Crippen molar-refractivity contribution in [2.45, 2.75) is 19.5 Å². The molecule has 6 nitrogen and oxygen atoms in total. The standard InChI is InChI=1S/C26H20N2O4/c1-16-9-12-21(32-16)23-22(24(29)19-11-10-17-6-2-3-7-18(17)14-19)25(30)26(31)28(23)15-20-8-4-5-13-27-20/h2-14,23,29H,15H2,1H3/b24-22-. The van der Waals surface area contributed by atoms with Crippen LogP contribution in [0.5, 0.6) is 0 Å². The van der Waals surface area contributed by atoms with E-state index < -0.39 is 17.7 Å². The summed E-state index contributed by atoms with van der Waals surface area (Å²) in [6.07, 6.45) is 1.63. The van der Waals surface area contributed by atoms with E-state index in [4.69, 9.17) is 4.42 Å². The highest BCUT2D eigenvalue weighted by molar-refractivity contribution is 6.46. The third kappa shape index (κ3) is 3.36. The Morgan fingerprint density at radius 2 is 1.78 bits per heavy atom. The molecule has 1 fully saturated rings. The van der Waals surface area contributed by atoms with Crippen molar-refractivity contribution in [3.05, 3.63) is 107 Å². The summed E-state index contributed by atoms with van der Waals surface area (Å²) in [4.78, 5) is 31.8. The number of aliphatic hydroxyl groups is 1.